The first-order valence-electron chi connectivity index (χ1n) is 3.40. The summed E-state index contributed by atoms with van der Waals surface area (Å²) in [5, 5.41) is 8.60. The second-order valence-electron chi connectivity index (χ2n) is 2.84. The first kappa shape index (κ1) is 6.59. The Hall–Kier alpha value is -0.115. The normalized spacial score (nSPS) is 26.6. The summed E-state index contributed by atoms with van der Waals surface area (Å²) in [6.07, 6.45) is 4.67. The van der Waals surface area contributed by atoms with Gasteiger partial charge in [0.15, 0.2) is 0 Å². The van der Waals surface area contributed by atoms with Gasteiger partial charge in [-0.1, -0.05) is 0 Å². The van der Waals surface area contributed by atoms with E-state index in [1.165, 1.54) is 0 Å². The van der Waals surface area contributed by atoms with Crippen LogP contribution in [-0.2, 0) is 29.4 Å². The fourth-order valence-electron chi connectivity index (χ4n) is 1.33. The zero-order chi connectivity index (χ0) is 7.14. The van der Waals surface area contributed by atoms with Gasteiger partial charge in [0.25, 0.3) is 0 Å². The van der Waals surface area contributed by atoms with Crippen molar-refractivity contribution >= 4 is 5.97 Å². The van der Waals surface area contributed by atoms with Crippen LogP contribution in [0.1, 0.15) is 6.42 Å². The molecule has 0 radical (unpaired) electrons. The van der Waals surface area contributed by atoms with Gasteiger partial charge in [-0.15, -0.1) is 0 Å². The number of fused-ring (bicyclic) bond motifs is 1. The maximum absolute atomic E-state index is 10.4. The number of aliphatic carboxylic acids is 1. The molecule has 0 aromatic rings. The molecule has 48 valence electrons. The van der Waals surface area contributed by atoms with Crippen molar-refractivity contribution in [1.29, 1.82) is 0 Å². The summed E-state index contributed by atoms with van der Waals surface area (Å²) in [5.74, 6) is -0.726. The van der Waals surface area contributed by atoms with Crippen molar-refractivity contribution in [3.8, 4) is 0 Å². The standard InChI is InChI=1S/C7H6O2.Hg/c8-7(9)6-4-2-1-3-5-6;/h2-4H,5H2,(H,8,9);. The molecule has 10 heavy (non-hydrogen) atoms. The van der Waals surface area contributed by atoms with Gasteiger partial charge in [0.05, 0.1) is 0 Å². The van der Waals surface area contributed by atoms with Crippen LogP contribution in [0.25, 0.3) is 0 Å². The Kier molecular flexibility index (Phi) is 1.44. The Morgan fingerprint density at radius 3 is 3.10 bits per heavy atom. The van der Waals surface area contributed by atoms with Crippen molar-refractivity contribution < 1.29 is 34.5 Å². The minimum absolute atomic E-state index is 0.609. The number of hydrogen-bond donors (Lipinski definition) is 1. The summed E-state index contributed by atoms with van der Waals surface area (Å²) < 4.78 is 2.45. The zero-order valence-corrected chi connectivity index (χ0v) is 11.0. The number of carbonyl (C=O) groups is 1. The van der Waals surface area contributed by atoms with Gasteiger partial charge in [0.2, 0.25) is 0 Å². The van der Waals surface area contributed by atoms with Crippen LogP contribution in [0.2, 0.25) is 3.43 Å². The molecule has 0 bridgehead atoms. The van der Waals surface area contributed by atoms with Gasteiger partial charge in [-0.3, -0.25) is 0 Å². The molecule has 1 aliphatic carbocycles. The Labute approximate surface area is 71.0 Å². The summed E-state index contributed by atoms with van der Waals surface area (Å²) in [5.41, 5.74) is 0.617. The molecule has 0 aromatic heterocycles. The summed E-state index contributed by atoms with van der Waals surface area (Å²) in [6.45, 7) is 0. The number of hydrogen-bond acceptors (Lipinski definition) is 1. The van der Waals surface area contributed by atoms with E-state index in [4.69, 9.17) is 5.11 Å². The van der Waals surface area contributed by atoms with Crippen molar-refractivity contribution in [3.05, 3.63) is 20.8 Å². The van der Waals surface area contributed by atoms with Crippen LogP contribution in [0, 0.1) is 0 Å². The molecule has 0 amide bonds. The molecular weight excluding hydrogens is 317 g/mol. The molecule has 2 rings (SSSR count). The molecule has 3 heteroatoms. The number of allylic oxidation sites excluding steroid dienone is 3. The summed E-state index contributed by atoms with van der Waals surface area (Å²) in [4.78, 5) is 10.4. The van der Waals surface area contributed by atoms with Crippen LogP contribution in [0.4, 0.5) is 0 Å². The third-order valence-corrected chi connectivity index (χ3v) is 9.79. The van der Waals surface area contributed by atoms with Crippen molar-refractivity contribution in [1.82, 2.24) is 0 Å². The fraction of sp³-hybridized carbons (Fsp3) is 0.286. The van der Waals surface area contributed by atoms with Crippen LogP contribution in [0.3, 0.4) is 0 Å². The summed E-state index contributed by atoms with van der Waals surface area (Å²) >= 11 is -0.609. The molecule has 1 atom stereocenters. The quantitative estimate of drug-likeness (QED) is 0.736. The predicted molar refractivity (Wildman–Crippen MR) is 32.2 cm³/mol. The first-order chi connectivity index (χ1) is 4.77. The molecule has 0 saturated carbocycles. The Morgan fingerprint density at radius 2 is 2.50 bits per heavy atom. The van der Waals surface area contributed by atoms with E-state index in [1.54, 1.807) is 9.16 Å². The van der Waals surface area contributed by atoms with Gasteiger partial charge >= 0.3 is 71.1 Å². The molecule has 2 nitrogen and oxygen atoms in total. The minimum atomic E-state index is -0.726. The van der Waals surface area contributed by atoms with Crippen molar-refractivity contribution in [2.45, 2.75) is 9.85 Å². The van der Waals surface area contributed by atoms with E-state index in [9.17, 15) is 4.79 Å². The molecule has 1 fully saturated rings. The van der Waals surface area contributed by atoms with E-state index in [0.717, 1.165) is 9.85 Å². The molecule has 1 N–H and O–H groups in total. The summed E-state index contributed by atoms with van der Waals surface area (Å²) in [7, 11) is 0. The second kappa shape index (κ2) is 2.19. The molecule has 0 spiro atoms. The van der Waals surface area contributed by atoms with Crippen LogP contribution >= 0.6 is 0 Å². The van der Waals surface area contributed by atoms with Crippen LogP contribution in [0.5, 0.6) is 0 Å². The Morgan fingerprint density at radius 1 is 1.70 bits per heavy atom. The number of carboxylic acid groups (broad SMARTS) is 1. The maximum atomic E-state index is 10.4. The van der Waals surface area contributed by atoms with Crippen LogP contribution < -0.4 is 0 Å². The van der Waals surface area contributed by atoms with Crippen molar-refractivity contribution in [2.75, 3.05) is 0 Å². The topological polar surface area (TPSA) is 37.3 Å². The molecule has 1 heterocycles. The molecule has 2 aliphatic rings. The van der Waals surface area contributed by atoms with Gasteiger partial charge in [0.1, 0.15) is 0 Å². The Balaban J connectivity index is 2.20. The average molecular weight is 323 g/mol. The average Bonchev–Trinajstić information content (AvgIpc) is 2.63. The summed E-state index contributed by atoms with van der Waals surface area (Å²) in [6, 6.07) is 0. The molecule has 0 aromatic carbocycles. The molecule has 1 saturated heterocycles. The van der Waals surface area contributed by atoms with Gasteiger partial charge in [0, 0.05) is 0 Å². The zero-order valence-electron chi connectivity index (χ0n) is 5.50. The van der Waals surface area contributed by atoms with Gasteiger partial charge in [-0.2, -0.15) is 0 Å². The monoisotopic (exact) mass is 324 g/mol. The van der Waals surface area contributed by atoms with Gasteiger partial charge in [-0.05, 0) is 0 Å². The number of rotatable bonds is 1. The van der Waals surface area contributed by atoms with Crippen LogP contribution in [0.15, 0.2) is 20.8 Å². The van der Waals surface area contributed by atoms with E-state index in [0.29, 0.717) is 5.57 Å². The fourth-order valence-corrected chi connectivity index (χ4v) is 6.93. The predicted octanol–water partition coefficient (Wildman–Crippen LogP) is 1.17. The third-order valence-electron chi connectivity index (χ3n) is 2.09. The van der Waals surface area contributed by atoms with Crippen molar-refractivity contribution in [2.24, 2.45) is 0 Å². The number of carboxylic acids is 1. The van der Waals surface area contributed by atoms with Crippen molar-refractivity contribution in [3.63, 3.8) is 0 Å². The first-order valence-corrected chi connectivity index (χ1v) is 9.32. The SMILES string of the molecule is O=C(O)C1=CC=[C]2[Hg][CH]2C1. The van der Waals surface area contributed by atoms with Gasteiger partial charge in [-0.25, -0.2) is 0 Å². The van der Waals surface area contributed by atoms with Crippen LogP contribution in [-0.4, -0.2) is 11.1 Å². The molecule has 1 aliphatic heterocycles. The van der Waals surface area contributed by atoms with E-state index in [1.807, 2.05) is 6.08 Å². The molecular formula is C7H6HgO2. The second-order valence-corrected chi connectivity index (χ2v) is 11.4. The van der Waals surface area contributed by atoms with Gasteiger partial charge < -0.3 is 0 Å². The molecule has 1 unspecified atom stereocenters. The third kappa shape index (κ3) is 1.05. The van der Waals surface area contributed by atoms with E-state index >= 15 is 0 Å². The Bertz CT molecular complexity index is 252. The van der Waals surface area contributed by atoms with E-state index < -0.39 is 30.5 Å². The van der Waals surface area contributed by atoms with E-state index in [2.05, 4.69) is 0 Å². The van der Waals surface area contributed by atoms with E-state index in [-0.39, 0.29) is 0 Å².